The van der Waals surface area contributed by atoms with Crippen molar-refractivity contribution < 1.29 is 38.4 Å². The quantitative estimate of drug-likeness (QED) is 0.254. The molecule has 0 saturated carbocycles. The van der Waals surface area contributed by atoms with Crippen LogP contribution in [0.4, 0.5) is 9.59 Å². The normalized spacial score (nSPS) is 13.4. The number of thiophene rings is 1. The number of benzene rings is 1. The number of carboxylic acid groups (broad SMARTS) is 1. The minimum absolute atomic E-state index is 0.0184. The Morgan fingerprint density at radius 2 is 1.97 bits per heavy atom. The van der Waals surface area contributed by atoms with E-state index in [0.29, 0.717) is 49.8 Å². The highest BCUT2D eigenvalue weighted by molar-refractivity contribution is 7.09. The van der Waals surface area contributed by atoms with Gasteiger partial charge in [-0.2, -0.15) is 0 Å². The molecule has 0 fully saturated rings. The van der Waals surface area contributed by atoms with Gasteiger partial charge in [0.25, 0.3) is 0 Å². The number of rotatable bonds is 16. The van der Waals surface area contributed by atoms with Crippen LogP contribution in [0.2, 0.25) is 0 Å². The van der Waals surface area contributed by atoms with E-state index in [9.17, 15) is 19.5 Å². The summed E-state index contributed by atoms with van der Waals surface area (Å²) in [6.07, 6.45) is 1.49. The zero-order chi connectivity index (χ0) is 28.0. The van der Waals surface area contributed by atoms with E-state index in [1.165, 1.54) is 0 Å². The van der Waals surface area contributed by atoms with Crippen LogP contribution in [0.15, 0.2) is 35.7 Å². The largest absolute Gasteiger partial charge is 0.481 e. The number of hydrogen-bond acceptors (Lipinski definition) is 8. The Bertz CT molecular complexity index is 1070. The van der Waals surface area contributed by atoms with E-state index in [2.05, 4.69) is 10.6 Å². The van der Waals surface area contributed by atoms with Gasteiger partial charge in [0, 0.05) is 18.0 Å². The van der Waals surface area contributed by atoms with Crippen molar-refractivity contribution in [1.82, 2.24) is 15.5 Å². The summed E-state index contributed by atoms with van der Waals surface area (Å²) in [7, 11) is 0. The van der Waals surface area contributed by atoms with Crippen LogP contribution in [0.3, 0.4) is 0 Å². The fourth-order valence-corrected chi connectivity index (χ4v) is 4.72. The molecule has 214 valence electrons. The molecule has 1 aromatic carbocycles. The zero-order valence-corrected chi connectivity index (χ0v) is 23.2. The molecule has 3 rings (SSSR count). The monoisotopic (exact) mass is 563 g/mol. The Morgan fingerprint density at radius 3 is 2.69 bits per heavy atom. The Morgan fingerprint density at radius 1 is 1.15 bits per heavy atom. The van der Waals surface area contributed by atoms with Gasteiger partial charge in [0.2, 0.25) is 6.79 Å². The van der Waals surface area contributed by atoms with Crippen molar-refractivity contribution in [2.45, 2.75) is 58.2 Å². The number of amides is 3. The molecule has 0 spiro atoms. The third-order valence-electron chi connectivity index (χ3n) is 6.03. The molecule has 1 aromatic heterocycles. The minimum Gasteiger partial charge on any atom is -0.481 e. The second-order valence-corrected chi connectivity index (χ2v) is 10.0. The molecule has 2 heterocycles. The number of unbranched alkanes of at least 4 members (excludes halogenated alkanes) is 1. The number of nitrogens with zero attached hydrogens (tertiary/aromatic N) is 1. The highest BCUT2D eigenvalue weighted by Crippen LogP contribution is 2.34. The van der Waals surface area contributed by atoms with Crippen LogP contribution in [0.25, 0.3) is 0 Å². The Hall–Kier alpha value is -3.51. The fourth-order valence-electron chi connectivity index (χ4n) is 4.00. The van der Waals surface area contributed by atoms with Crippen molar-refractivity contribution in [1.29, 1.82) is 0 Å². The van der Waals surface area contributed by atoms with Crippen LogP contribution in [0.1, 0.15) is 56.0 Å². The average Bonchev–Trinajstić information content (AvgIpc) is 3.60. The summed E-state index contributed by atoms with van der Waals surface area (Å²) in [5, 5.41) is 17.0. The zero-order valence-electron chi connectivity index (χ0n) is 22.4. The third kappa shape index (κ3) is 9.95. The van der Waals surface area contributed by atoms with E-state index in [-0.39, 0.29) is 19.8 Å². The van der Waals surface area contributed by atoms with Crippen molar-refractivity contribution in [2.24, 2.45) is 0 Å². The van der Waals surface area contributed by atoms with Crippen LogP contribution in [0, 0.1) is 0 Å². The SMILES string of the molecule is CCCC[C@@H](COC(=O)N(CCOCC)Cc1cccs1)NC(=O)N[C@@H](CC(=O)O)c1ccc2c(c1)OCO2. The molecule has 2 atom stereocenters. The Balaban J connectivity index is 1.61. The van der Waals surface area contributed by atoms with Crippen LogP contribution < -0.4 is 20.1 Å². The average molecular weight is 564 g/mol. The molecule has 39 heavy (non-hydrogen) atoms. The highest BCUT2D eigenvalue weighted by atomic mass is 32.1. The minimum atomic E-state index is -1.06. The fraction of sp³-hybridized carbons (Fsp3) is 0.519. The third-order valence-corrected chi connectivity index (χ3v) is 6.89. The molecular formula is C27H37N3O8S. The second kappa shape index (κ2) is 15.8. The van der Waals surface area contributed by atoms with Gasteiger partial charge in [0.05, 0.1) is 31.7 Å². The molecule has 0 aliphatic carbocycles. The molecule has 1 aliphatic rings. The predicted octanol–water partition coefficient (Wildman–Crippen LogP) is 4.53. The van der Waals surface area contributed by atoms with Gasteiger partial charge in [-0.25, -0.2) is 9.59 Å². The van der Waals surface area contributed by atoms with Crippen LogP contribution in [-0.2, 0) is 20.8 Å². The number of carbonyl (C=O) groups excluding carboxylic acids is 2. The molecule has 0 unspecified atom stereocenters. The van der Waals surface area contributed by atoms with E-state index < -0.39 is 30.2 Å². The molecular weight excluding hydrogens is 526 g/mol. The molecule has 11 nitrogen and oxygen atoms in total. The first kappa shape index (κ1) is 30.0. The molecule has 0 radical (unpaired) electrons. The first-order valence-electron chi connectivity index (χ1n) is 13.1. The van der Waals surface area contributed by atoms with Gasteiger partial charge in [-0.15, -0.1) is 11.3 Å². The summed E-state index contributed by atoms with van der Waals surface area (Å²) in [6.45, 7) is 5.72. The van der Waals surface area contributed by atoms with Crippen molar-refractivity contribution in [3.63, 3.8) is 0 Å². The number of fused-ring (bicyclic) bond motifs is 1. The molecule has 0 saturated heterocycles. The summed E-state index contributed by atoms with van der Waals surface area (Å²) in [5.74, 6) is -0.00492. The maximum Gasteiger partial charge on any atom is 0.410 e. The number of urea groups is 1. The van der Waals surface area contributed by atoms with Crippen molar-refractivity contribution in [3.8, 4) is 11.5 Å². The first-order valence-corrected chi connectivity index (χ1v) is 14.0. The van der Waals surface area contributed by atoms with E-state index in [1.54, 1.807) is 34.4 Å². The van der Waals surface area contributed by atoms with Crippen LogP contribution in [0.5, 0.6) is 11.5 Å². The van der Waals surface area contributed by atoms with Gasteiger partial charge in [-0.05, 0) is 42.5 Å². The number of nitrogens with one attached hydrogen (secondary N) is 2. The van der Waals surface area contributed by atoms with Gasteiger partial charge in [0.15, 0.2) is 11.5 Å². The molecule has 3 amide bonds. The van der Waals surface area contributed by atoms with E-state index >= 15 is 0 Å². The molecule has 3 N–H and O–H groups in total. The Kier molecular flexibility index (Phi) is 12.2. The van der Waals surface area contributed by atoms with Gasteiger partial charge in [0.1, 0.15) is 6.61 Å². The number of carboxylic acids is 1. The number of aliphatic carboxylic acids is 1. The van der Waals surface area contributed by atoms with E-state index in [1.807, 2.05) is 31.4 Å². The summed E-state index contributed by atoms with van der Waals surface area (Å²) in [5.41, 5.74) is 0.576. The van der Waals surface area contributed by atoms with Crippen molar-refractivity contribution in [3.05, 3.63) is 46.2 Å². The van der Waals surface area contributed by atoms with Gasteiger partial charge < -0.3 is 39.6 Å². The van der Waals surface area contributed by atoms with E-state index in [4.69, 9.17) is 18.9 Å². The van der Waals surface area contributed by atoms with Crippen LogP contribution >= 0.6 is 11.3 Å². The Labute approximate surface area is 232 Å². The lowest BCUT2D eigenvalue weighted by Crippen LogP contribution is -2.46. The molecule has 12 heteroatoms. The van der Waals surface area contributed by atoms with Gasteiger partial charge in [-0.1, -0.05) is 31.9 Å². The van der Waals surface area contributed by atoms with E-state index in [0.717, 1.165) is 17.7 Å². The molecule has 2 aromatic rings. The van der Waals surface area contributed by atoms with Crippen molar-refractivity contribution >= 4 is 29.4 Å². The molecule has 0 bridgehead atoms. The lowest BCUT2D eigenvalue weighted by Gasteiger charge is -2.25. The van der Waals surface area contributed by atoms with Crippen LogP contribution in [-0.4, -0.2) is 67.3 Å². The summed E-state index contributed by atoms with van der Waals surface area (Å²) >= 11 is 1.55. The number of carbonyl (C=O) groups is 3. The number of hydrogen-bond donors (Lipinski definition) is 3. The predicted molar refractivity (Wildman–Crippen MR) is 145 cm³/mol. The lowest BCUT2D eigenvalue weighted by atomic mass is 10.0. The van der Waals surface area contributed by atoms with Gasteiger partial charge in [-0.3, -0.25) is 4.79 Å². The topological polar surface area (TPSA) is 136 Å². The summed E-state index contributed by atoms with van der Waals surface area (Å²) in [4.78, 5) is 40.0. The maximum atomic E-state index is 12.9. The number of ether oxygens (including phenoxy) is 4. The lowest BCUT2D eigenvalue weighted by molar-refractivity contribution is -0.137. The molecule has 1 aliphatic heterocycles. The highest BCUT2D eigenvalue weighted by Gasteiger charge is 2.24. The maximum absolute atomic E-state index is 12.9. The summed E-state index contributed by atoms with van der Waals surface area (Å²) < 4.78 is 21.7. The smallest absolute Gasteiger partial charge is 0.410 e. The first-order chi connectivity index (χ1) is 18.9. The second-order valence-electron chi connectivity index (χ2n) is 8.99. The standard InChI is InChI=1S/C27H37N3O8S/c1-3-5-7-20(17-36-27(34)30(11-12-35-4-2)16-21-8-6-13-39-21)28-26(33)29-22(15-25(31)32)19-9-10-23-24(14-19)38-18-37-23/h6,8-10,13-14,20,22H,3-5,7,11-12,15-18H2,1-2H3,(H,31,32)(H2,28,29,33)/t20-,22-/m0/s1. The van der Waals surface area contributed by atoms with Gasteiger partial charge >= 0.3 is 18.1 Å². The van der Waals surface area contributed by atoms with Crippen molar-refractivity contribution in [2.75, 3.05) is 33.2 Å². The summed E-state index contributed by atoms with van der Waals surface area (Å²) in [6, 6.07) is 7.12.